The van der Waals surface area contributed by atoms with Crippen molar-refractivity contribution < 1.29 is 19.4 Å². The van der Waals surface area contributed by atoms with E-state index >= 15 is 0 Å². The maximum Gasteiger partial charge on any atom is 0.330 e. The van der Waals surface area contributed by atoms with Gasteiger partial charge in [0.15, 0.2) is 0 Å². The number of hydrogen-bond donors (Lipinski definition) is 5. The van der Waals surface area contributed by atoms with Crippen molar-refractivity contribution in [1.29, 1.82) is 0 Å². The van der Waals surface area contributed by atoms with Crippen LogP contribution in [0, 0.1) is 13.8 Å². The summed E-state index contributed by atoms with van der Waals surface area (Å²) in [7, 11) is 0. The molecule has 1 aliphatic heterocycles. The summed E-state index contributed by atoms with van der Waals surface area (Å²) in [6.07, 6.45) is 3.01. The van der Waals surface area contributed by atoms with Crippen molar-refractivity contribution in [3.8, 4) is 0 Å². The fourth-order valence-corrected chi connectivity index (χ4v) is 7.53. The van der Waals surface area contributed by atoms with Crippen LogP contribution >= 0.6 is 11.8 Å². The van der Waals surface area contributed by atoms with Gasteiger partial charge in [-0.1, -0.05) is 29.9 Å². The highest BCUT2D eigenvalue weighted by Gasteiger charge is 2.36. The molecule has 5 N–H and O–H groups in total. The van der Waals surface area contributed by atoms with Crippen LogP contribution < -0.4 is 33.1 Å². The zero-order valence-electron chi connectivity index (χ0n) is 30.2. The molecule has 53 heavy (non-hydrogen) atoms. The van der Waals surface area contributed by atoms with Crippen molar-refractivity contribution in [2.24, 2.45) is 5.11 Å². The average Bonchev–Trinajstić information content (AvgIpc) is 3.51. The molecule has 2 aromatic heterocycles. The molecule has 0 aliphatic carbocycles. The quantitative estimate of drug-likeness (QED) is 0.0396. The van der Waals surface area contributed by atoms with E-state index in [1.807, 2.05) is 32.9 Å². The van der Waals surface area contributed by atoms with Crippen molar-refractivity contribution >= 4 is 23.6 Å². The molecule has 3 heterocycles. The number of azide groups is 1. The molecule has 4 rings (SSSR count). The lowest BCUT2D eigenvalue weighted by molar-refractivity contribution is -0.122. The average molecular weight is 754 g/mol. The highest BCUT2D eigenvalue weighted by Crippen LogP contribution is 2.31. The zero-order chi connectivity index (χ0) is 38.5. The van der Waals surface area contributed by atoms with E-state index in [2.05, 4.69) is 36.7 Å². The molecule has 1 aromatic carbocycles. The van der Waals surface area contributed by atoms with Crippen LogP contribution in [0.4, 0.5) is 0 Å². The summed E-state index contributed by atoms with van der Waals surface area (Å²) in [5, 5.41) is 19.4. The SMILES string of the molecule is CCc1c(Sc2cc(C)cc(C)c2)n(CCCCC(=O)NCCCCNC(=O)CCc2cn(C3CC(N=[N+]=[N-])C(CO)O3)c(=O)[nH]c2=O)c(=O)[nH]c1=O. The van der Waals surface area contributed by atoms with Gasteiger partial charge in [-0.3, -0.25) is 38.3 Å². The summed E-state index contributed by atoms with van der Waals surface area (Å²) < 4.78 is 8.40. The summed E-state index contributed by atoms with van der Waals surface area (Å²) in [6, 6.07) is 5.44. The van der Waals surface area contributed by atoms with Gasteiger partial charge in [0, 0.05) is 66.0 Å². The number of ether oxygens (including phenoxy) is 1. The van der Waals surface area contributed by atoms with Gasteiger partial charge in [-0.05, 0) is 81.2 Å². The second-order valence-corrected chi connectivity index (χ2v) is 14.0. The number of aromatic nitrogens is 4. The zero-order valence-corrected chi connectivity index (χ0v) is 31.0. The van der Waals surface area contributed by atoms with Crippen LogP contribution in [0.2, 0.25) is 0 Å². The second-order valence-electron chi connectivity index (χ2n) is 13.0. The normalized spacial score (nSPS) is 16.6. The molecule has 3 atom stereocenters. The molecule has 18 heteroatoms. The van der Waals surface area contributed by atoms with Crippen molar-refractivity contribution in [3.05, 3.63) is 98.8 Å². The minimum Gasteiger partial charge on any atom is -0.394 e. The third kappa shape index (κ3) is 11.5. The number of aromatic amines is 2. The molecule has 17 nitrogen and oxygen atoms in total. The van der Waals surface area contributed by atoms with Gasteiger partial charge in [0.25, 0.3) is 11.1 Å². The summed E-state index contributed by atoms with van der Waals surface area (Å²) in [6.45, 7) is 6.65. The highest BCUT2D eigenvalue weighted by molar-refractivity contribution is 7.99. The number of H-pyrrole nitrogens is 2. The number of aliphatic hydroxyl groups is 1. The van der Waals surface area contributed by atoms with Crippen LogP contribution in [-0.4, -0.2) is 67.9 Å². The lowest BCUT2D eigenvalue weighted by atomic mass is 10.1. The monoisotopic (exact) mass is 753 g/mol. The largest absolute Gasteiger partial charge is 0.394 e. The number of nitrogens with one attached hydrogen (secondary N) is 4. The number of rotatable bonds is 19. The van der Waals surface area contributed by atoms with E-state index < -0.39 is 41.9 Å². The molecule has 1 aliphatic rings. The smallest absolute Gasteiger partial charge is 0.330 e. The first-order chi connectivity index (χ1) is 25.4. The fourth-order valence-electron chi connectivity index (χ4n) is 6.17. The molecule has 3 aromatic rings. The minimum atomic E-state index is -0.853. The Kier molecular flexibility index (Phi) is 15.3. The predicted molar refractivity (Wildman–Crippen MR) is 198 cm³/mol. The summed E-state index contributed by atoms with van der Waals surface area (Å²) in [4.78, 5) is 83.4. The van der Waals surface area contributed by atoms with Crippen LogP contribution in [-0.2, 0) is 33.7 Å². The number of aryl methyl sites for hydroxylation is 3. The number of unbranched alkanes of at least 4 members (excludes halogenated alkanes) is 2. The Bertz CT molecular complexity index is 2030. The lowest BCUT2D eigenvalue weighted by Crippen LogP contribution is -2.35. The molecule has 1 saturated heterocycles. The third-order valence-corrected chi connectivity index (χ3v) is 9.98. The van der Waals surface area contributed by atoms with Gasteiger partial charge in [-0.15, -0.1) is 0 Å². The second kappa shape index (κ2) is 19.8. The Balaban J connectivity index is 1.15. The van der Waals surface area contributed by atoms with Crippen LogP contribution in [0.25, 0.3) is 10.4 Å². The Morgan fingerprint density at radius 3 is 2.28 bits per heavy atom. The van der Waals surface area contributed by atoms with E-state index in [0.717, 1.165) is 20.6 Å². The molecule has 0 radical (unpaired) electrons. The van der Waals surface area contributed by atoms with Gasteiger partial charge in [-0.25, -0.2) is 9.59 Å². The summed E-state index contributed by atoms with van der Waals surface area (Å²) >= 11 is 1.41. The van der Waals surface area contributed by atoms with Crippen molar-refractivity contribution in [2.75, 3.05) is 19.7 Å². The number of amides is 2. The van der Waals surface area contributed by atoms with Crippen LogP contribution in [0.15, 0.2) is 58.6 Å². The van der Waals surface area contributed by atoms with Gasteiger partial charge < -0.3 is 20.5 Å². The molecular weight excluding hydrogens is 707 g/mol. The number of carbonyl (C=O) groups excluding carboxylic acids is 2. The lowest BCUT2D eigenvalue weighted by Gasteiger charge is -2.16. The van der Waals surface area contributed by atoms with Gasteiger partial charge in [0.05, 0.1) is 23.8 Å². The van der Waals surface area contributed by atoms with E-state index in [0.29, 0.717) is 62.3 Å². The molecule has 1 fully saturated rings. The topological polar surface area (TPSA) is 246 Å². The van der Waals surface area contributed by atoms with E-state index in [4.69, 9.17) is 10.3 Å². The number of benzene rings is 1. The van der Waals surface area contributed by atoms with Crippen molar-refractivity contribution in [3.63, 3.8) is 0 Å². The number of carbonyl (C=O) groups is 2. The van der Waals surface area contributed by atoms with Gasteiger partial charge >= 0.3 is 11.4 Å². The third-order valence-electron chi connectivity index (χ3n) is 8.85. The first-order valence-corrected chi connectivity index (χ1v) is 18.6. The maximum absolute atomic E-state index is 12.8. The molecule has 0 saturated carbocycles. The standard InChI is InChI=1S/C35H47N9O8S/c1-4-25-32(49)40-34(50)43(33(25)53-24-16-21(2)15-22(3)17-24)14-8-5-9-28(46)37-12-6-7-13-38-29(47)11-10-23-19-44(35(51)39-31(23)48)30-18-26(41-42-36)27(20-45)52-30/h15-17,19,26-27,30,45H,4-14,18,20H2,1-3H3,(H,37,46)(H,38,47)(H,39,48,51)(H,40,49,50). The van der Waals surface area contributed by atoms with Crippen LogP contribution in [0.1, 0.15) is 80.4 Å². The number of aliphatic hydroxyl groups excluding tert-OH is 1. The van der Waals surface area contributed by atoms with Crippen molar-refractivity contribution in [2.45, 2.75) is 113 Å². The summed E-state index contributed by atoms with van der Waals surface area (Å²) in [5.41, 5.74) is 9.50. The first-order valence-electron chi connectivity index (χ1n) is 17.7. The minimum absolute atomic E-state index is 0.000874. The molecule has 2 amide bonds. The Hall–Kier alpha value is -4.90. The Labute approximate surface area is 309 Å². The van der Waals surface area contributed by atoms with Crippen molar-refractivity contribution in [1.82, 2.24) is 29.7 Å². The molecule has 0 spiro atoms. The highest BCUT2D eigenvalue weighted by atomic mass is 32.2. The first kappa shape index (κ1) is 40.9. The van der Waals surface area contributed by atoms with Crippen LogP contribution in [0.3, 0.4) is 0 Å². The molecular formula is C35H47N9O8S. The van der Waals surface area contributed by atoms with E-state index in [1.165, 1.54) is 18.0 Å². The maximum atomic E-state index is 12.8. The van der Waals surface area contributed by atoms with Gasteiger partial charge in [0.2, 0.25) is 11.8 Å². The number of nitrogens with zero attached hydrogens (tertiary/aromatic N) is 5. The van der Waals surface area contributed by atoms with E-state index in [-0.39, 0.29) is 48.6 Å². The fraction of sp³-hybridized carbons (Fsp3) is 0.543. The predicted octanol–water partition coefficient (Wildman–Crippen LogP) is 2.49. The van der Waals surface area contributed by atoms with Gasteiger partial charge in [-0.2, -0.15) is 0 Å². The van der Waals surface area contributed by atoms with E-state index in [9.17, 15) is 33.9 Å². The Morgan fingerprint density at radius 1 is 0.981 bits per heavy atom. The molecule has 286 valence electrons. The molecule has 0 bridgehead atoms. The van der Waals surface area contributed by atoms with E-state index in [1.54, 1.807) is 4.57 Å². The number of hydrogen-bond acceptors (Lipinski definition) is 10. The molecule has 3 unspecified atom stereocenters. The van der Waals surface area contributed by atoms with Gasteiger partial charge in [0.1, 0.15) is 6.23 Å². The Morgan fingerprint density at radius 2 is 1.64 bits per heavy atom. The summed E-state index contributed by atoms with van der Waals surface area (Å²) in [5.74, 6) is -0.396. The van der Waals surface area contributed by atoms with Crippen LogP contribution in [0.5, 0.6) is 0 Å².